The van der Waals surface area contributed by atoms with Gasteiger partial charge in [0.15, 0.2) is 0 Å². The van der Waals surface area contributed by atoms with Crippen LogP contribution in [0.25, 0.3) is 0 Å². The molecule has 0 aliphatic carbocycles. The summed E-state index contributed by atoms with van der Waals surface area (Å²) >= 11 is 0. The summed E-state index contributed by atoms with van der Waals surface area (Å²) in [6, 6.07) is 9.22. The average molecular weight is 285 g/mol. The van der Waals surface area contributed by atoms with Crippen molar-refractivity contribution in [1.82, 2.24) is 15.1 Å². The number of hydrogen-bond acceptors (Lipinski definition) is 2. The Morgan fingerprint density at radius 3 is 2.76 bits per heavy atom. The second-order valence-electron chi connectivity index (χ2n) is 5.84. The Hall–Kier alpha value is -1.61. The molecule has 0 amide bonds. The number of aromatic nitrogens is 2. The maximum Gasteiger partial charge on any atom is 0.0522 e. The summed E-state index contributed by atoms with van der Waals surface area (Å²) in [6.45, 7) is 5.50. The molecule has 3 nitrogen and oxygen atoms in total. The first-order valence-electron chi connectivity index (χ1n) is 7.94. The minimum atomic E-state index is 0.522. The van der Waals surface area contributed by atoms with E-state index in [1.165, 1.54) is 29.5 Å². The molecular weight excluding hydrogens is 258 g/mol. The van der Waals surface area contributed by atoms with Gasteiger partial charge in [0.05, 0.1) is 6.20 Å². The molecule has 0 aliphatic heterocycles. The minimum absolute atomic E-state index is 0.522. The average Bonchev–Trinajstić information content (AvgIpc) is 2.88. The van der Waals surface area contributed by atoms with E-state index in [9.17, 15) is 0 Å². The van der Waals surface area contributed by atoms with Crippen molar-refractivity contribution in [3.63, 3.8) is 0 Å². The van der Waals surface area contributed by atoms with Crippen molar-refractivity contribution < 1.29 is 0 Å². The molecule has 1 unspecified atom stereocenters. The van der Waals surface area contributed by atoms with Crippen LogP contribution in [0.1, 0.15) is 36.5 Å². The van der Waals surface area contributed by atoms with Crippen LogP contribution < -0.4 is 5.32 Å². The minimum Gasteiger partial charge on any atom is -0.314 e. The van der Waals surface area contributed by atoms with Gasteiger partial charge in [-0.15, -0.1) is 0 Å². The van der Waals surface area contributed by atoms with E-state index in [-0.39, 0.29) is 0 Å². The zero-order valence-electron chi connectivity index (χ0n) is 13.5. The van der Waals surface area contributed by atoms with E-state index in [1.54, 1.807) is 0 Å². The Morgan fingerprint density at radius 2 is 2.10 bits per heavy atom. The molecule has 3 heteroatoms. The van der Waals surface area contributed by atoms with Crippen LogP contribution in [0.3, 0.4) is 0 Å². The Labute approximate surface area is 128 Å². The summed E-state index contributed by atoms with van der Waals surface area (Å²) in [4.78, 5) is 0. The Balaban J connectivity index is 1.94. The molecule has 1 aromatic carbocycles. The number of benzene rings is 1. The van der Waals surface area contributed by atoms with Crippen molar-refractivity contribution in [2.24, 2.45) is 7.05 Å². The van der Waals surface area contributed by atoms with Crippen LogP contribution in [0.15, 0.2) is 36.7 Å². The van der Waals surface area contributed by atoms with Gasteiger partial charge in [0.2, 0.25) is 0 Å². The first-order valence-corrected chi connectivity index (χ1v) is 7.94. The lowest BCUT2D eigenvalue weighted by Gasteiger charge is -2.18. The highest BCUT2D eigenvalue weighted by Gasteiger charge is 2.11. The monoisotopic (exact) mass is 285 g/mol. The molecule has 0 saturated heterocycles. The lowest BCUT2D eigenvalue weighted by atomic mass is 9.98. The second kappa shape index (κ2) is 7.99. The Morgan fingerprint density at radius 1 is 1.29 bits per heavy atom. The van der Waals surface area contributed by atoms with Crippen molar-refractivity contribution in [2.75, 3.05) is 6.54 Å². The molecule has 0 saturated carbocycles. The lowest BCUT2D eigenvalue weighted by Crippen LogP contribution is -2.32. The first-order chi connectivity index (χ1) is 10.2. The van der Waals surface area contributed by atoms with E-state index in [1.807, 2.05) is 17.9 Å². The summed E-state index contributed by atoms with van der Waals surface area (Å²) in [5.41, 5.74) is 4.18. The van der Waals surface area contributed by atoms with E-state index >= 15 is 0 Å². The highest BCUT2D eigenvalue weighted by atomic mass is 15.2. The van der Waals surface area contributed by atoms with Crippen LogP contribution in [0.5, 0.6) is 0 Å². The molecule has 0 fully saturated rings. The predicted molar refractivity (Wildman–Crippen MR) is 88.5 cm³/mol. The Bertz CT molecular complexity index is 545. The maximum absolute atomic E-state index is 4.27. The van der Waals surface area contributed by atoms with Gasteiger partial charge in [-0.2, -0.15) is 5.10 Å². The highest BCUT2D eigenvalue weighted by molar-refractivity contribution is 5.25. The lowest BCUT2D eigenvalue weighted by molar-refractivity contribution is 0.477. The number of nitrogens with one attached hydrogen (secondary N) is 1. The quantitative estimate of drug-likeness (QED) is 0.806. The molecular formula is C18H27N3. The summed E-state index contributed by atoms with van der Waals surface area (Å²) < 4.78 is 1.88. The van der Waals surface area contributed by atoms with Gasteiger partial charge in [0.25, 0.3) is 0 Å². The molecule has 0 radical (unpaired) electrons. The van der Waals surface area contributed by atoms with Gasteiger partial charge >= 0.3 is 0 Å². The summed E-state index contributed by atoms with van der Waals surface area (Å²) in [6.07, 6.45) is 8.63. The molecule has 21 heavy (non-hydrogen) atoms. The smallest absolute Gasteiger partial charge is 0.0522 e. The van der Waals surface area contributed by atoms with Crippen LogP contribution in [-0.4, -0.2) is 22.4 Å². The fraction of sp³-hybridized carbons (Fsp3) is 0.500. The third-order valence-electron chi connectivity index (χ3n) is 3.95. The maximum atomic E-state index is 4.27. The van der Waals surface area contributed by atoms with Crippen LogP contribution in [-0.2, 0) is 19.9 Å². The molecule has 0 bridgehead atoms. The van der Waals surface area contributed by atoms with E-state index in [0.29, 0.717) is 6.04 Å². The van der Waals surface area contributed by atoms with Crippen LogP contribution >= 0.6 is 0 Å². The van der Waals surface area contributed by atoms with Crippen molar-refractivity contribution in [1.29, 1.82) is 0 Å². The molecule has 2 rings (SSSR count). The van der Waals surface area contributed by atoms with Crippen LogP contribution in [0.2, 0.25) is 0 Å². The van der Waals surface area contributed by atoms with E-state index in [0.717, 1.165) is 19.4 Å². The Kier molecular flexibility index (Phi) is 6.00. The van der Waals surface area contributed by atoms with Crippen LogP contribution in [0, 0.1) is 6.92 Å². The van der Waals surface area contributed by atoms with Gasteiger partial charge in [-0.1, -0.05) is 31.2 Å². The molecule has 2 aromatic rings. The van der Waals surface area contributed by atoms with Gasteiger partial charge < -0.3 is 5.32 Å². The summed E-state index contributed by atoms with van der Waals surface area (Å²) in [5, 5.41) is 7.95. The largest absolute Gasteiger partial charge is 0.314 e. The van der Waals surface area contributed by atoms with Crippen LogP contribution in [0.4, 0.5) is 0 Å². The van der Waals surface area contributed by atoms with Gasteiger partial charge in [-0.05, 0) is 55.8 Å². The third kappa shape index (κ3) is 5.01. The molecule has 1 aromatic heterocycles. The third-order valence-corrected chi connectivity index (χ3v) is 3.95. The van der Waals surface area contributed by atoms with Gasteiger partial charge in [0, 0.05) is 19.3 Å². The molecule has 1 heterocycles. The fourth-order valence-electron chi connectivity index (χ4n) is 2.71. The van der Waals surface area contributed by atoms with E-state index in [2.05, 4.69) is 54.7 Å². The van der Waals surface area contributed by atoms with Gasteiger partial charge in [-0.3, -0.25) is 4.68 Å². The standard InChI is InChI=1S/C18H27N3/c1-4-11-19-18(12-16-13-20-21(3)14-16)10-9-17-8-6-5-7-15(17)2/h5-8,13-14,18-19H,4,9-12H2,1-3H3. The molecule has 0 aliphatic rings. The van der Waals surface area contributed by atoms with Crippen molar-refractivity contribution in [3.05, 3.63) is 53.3 Å². The first kappa shape index (κ1) is 15.8. The van der Waals surface area contributed by atoms with Crippen molar-refractivity contribution in [2.45, 2.75) is 45.6 Å². The molecule has 1 N–H and O–H groups in total. The zero-order valence-corrected chi connectivity index (χ0v) is 13.5. The van der Waals surface area contributed by atoms with E-state index in [4.69, 9.17) is 0 Å². The summed E-state index contributed by atoms with van der Waals surface area (Å²) in [7, 11) is 1.98. The van der Waals surface area contributed by atoms with E-state index < -0.39 is 0 Å². The number of hydrogen-bond donors (Lipinski definition) is 1. The highest BCUT2D eigenvalue weighted by Crippen LogP contribution is 2.13. The zero-order chi connectivity index (χ0) is 15.1. The summed E-state index contributed by atoms with van der Waals surface area (Å²) in [5.74, 6) is 0. The number of rotatable bonds is 8. The predicted octanol–water partition coefficient (Wildman–Crippen LogP) is 3.27. The van der Waals surface area contributed by atoms with Crippen molar-refractivity contribution in [3.8, 4) is 0 Å². The van der Waals surface area contributed by atoms with Gasteiger partial charge in [0.1, 0.15) is 0 Å². The topological polar surface area (TPSA) is 29.9 Å². The second-order valence-corrected chi connectivity index (χ2v) is 5.84. The normalized spacial score (nSPS) is 12.5. The van der Waals surface area contributed by atoms with Crippen molar-refractivity contribution >= 4 is 0 Å². The molecule has 1 atom stereocenters. The van der Waals surface area contributed by atoms with Gasteiger partial charge in [-0.25, -0.2) is 0 Å². The number of aryl methyl sites for hydroxylation is 3. The fourth-order valence-corrected chi connectivity index (χ4v) is 2.71. The number of nitrogens with zero attached hydrogens (tertiary/aromatic N) is 2. The molecule has 0 spiro atoms. The SMILES string of the molecule is CCCNC(CCc1ccccc1C)Cc1cnn(C)c1. The molecule has 114 valence electrons.